The zero-order valence-corrected chi connectivity index (χ0v) is 19.4. The lowest BCUT2D eigenvalue weighted by molar-refractivity contribution is -0.143. The molecule has 1 aliphatic rings. The third kappa shape index (κ3) is 3.91. The molecule has 0 radical (unpaired) electrons. The van der Waals surface area contributed by atoms with Crippen LogP contribution in [0.3, 0.4) is 0 Å². The summed E-state index contributed by atoms with van der Waals surface area (Å²) in [6.07, 6.45) is 0.397. The monoisotopic (exact) mass is 490 g/mol. The van der Waals surface area contributed by atoms with Crippen molar-refractivity contribution < 1.29 is 23.8 Å². The molecular formula is C27H24F2N4O3. The Hall–Kier alpha value is -4.11. The summed E-state index contributed by atoms with van der Waals surface area (Å²) in [5.74, 6) is -2.48. The number of carbonyl (C=O) groups excluding carboxylic acids is 1. The first kappa shape index (κ1) is 23.6. The van der Waals surface area contributed by atoms with E-state index in [1.807, 2.05) is 30.0 Å². The van der Waals surface area contributed by atoms with Crippen LogP contribution < -0.4 is 10.6 Å². The maximum Gasteiger partial charge on any atom is 0.254 e. The summed E-state index contributed by atoms with van der Waals surface area (Å²) in [6, 6.07) is 14.6. The summed E-state index contributed by atoms with van der Waals surface area (Å²) in [7, 11) is 0. The number of aliphatic hydroxyl groups is 1. The largest absolute Gasteiger partial charge is 0.507 e. The Morgan fingerprint density at radius 3 is 2.56 bits per heavy atom. The van der Waals surface area contributed by atoms with E-state index in [2.05, 4.69) is 9.97 Å². The Kier molecular flexibility index (Phi) is 5.80. The number of nitrogens with two attached hydrogens (primary N) is 1. The normalized spacial score (nSPS) is 17.3. The van der Waals surface area contributed by atoms with Crippen LogP contribution in [0.25, 0.3) is 22.3 Å². The van der Waals surface area contributed by atoms with Crippen molar-refractivity contribution in [2.45, 2.75) is 18.9 Å². The standard InChI is InChI=1S/C27H24F2N4O3/c1-15-5-10-19-21(13-15)31-24(23-20(29)3-2-4-22(23)34)32-25(19)33-12-11-17(14-33)27(36,26(30)35)16-6-8-18(28)9-7-16/h2-10,13,17,34,36H,11-12,14H2,1H3,(H2,30,35)/t17-,27?/m1/s1. The number of aromatic hydroxyl groups is 1. The van der Waals surface area contributed by atoms with Gasteiger partial charge in [0.05, 0.1) is 11.1 Å². The first-order chi connectivity index (χ1) is 17.2. The number of nitrogens with zero attached hydrogens (tertiary/aromatic N) is 3. The van der Waals surface area contributed by atoms with Crippen molar-refractivity contribution >= 4 is 22.6 Å². The van der Waals surface area contributed by atoms with Crippen LogP contribution in [-0.4, -0.2) is 39.2 Å². The number of fused-ring (bicyclic) bond motifs is 1. The number of phenols is 1. The molecule has 3 aromatic carbocycles. The minimum atomic E-state index is -2.02. The van der Waals surface area contributed by atoms with Gasteiger partial charge >= 0.3 is 0 Å². The number of benzene rings is 3. The predicted molar refractivity (Wildman–Crippen MR) is 131 cm³/mol. The lowest BCUT2D eigenvalue weighted by Gasteiger charge is -2.31. The first-order valence-corrected chi connectivity index (χ1v) is 11.5. The van der Waals surface area contributed by atoms with Crippen LogP contribution in [0, 0.1) is 24.5 Å². The molecule has 1 amide bonds. The van der Waals surface area contributed by atoms with Gasteiger partial charge in [0.25, 0.3) is 5.91 Å². The highest BCUT2D eigenvalue weighted by atomic mass is 19.1. The van der Waals surface area contributed by atoms with Crippen molar-refractivity contribution in [3.63, 3.8) is 0 Å². The maximum atomic E-state index is 14.7. The van der Waals surface area contributed by atoms with Crippen LogP contribution in [-0.2, 0) is 10.4 Å². The van der Waals surface area contributed by atoms with E-state index < -0.39 is 29.1 Å². The van der Waals surface area contributed by atoms with E-state index in [0.29, 0.717) is 29.7 Å². The number of phenolic OH excluding ortho intramolecular Hbond substituents is 1. The van der Waals surface area contributed by atoms with Crippen LogP contribution in [0.2, 0.25) is 0 Å². The second-order valence-corrected chi connectivity index (χ2v) is 9.09. The predicted octanol–water partition coefficient (Wildman–Crippen LogP) is 3.79. The molecule has 0 bridgehead atoms. The zero-order chi connectivity index (χ0) is 25.6. The SMILES string of the molecule is Cc1ccc2c(N3CC[C@@H](C(O)(C(N)=O)c4ccc(F)cc4)C3)nc(-c3c(O)cccc3F)nc2c1. The number of hydrogen-bond acceptors (Lipinski definition) is 6. The van der Waals surface area contributed by atoms with Crippen molar-refractivity contribution in [2.75, 3.05) is 18.0 Å². The minimum Gasteiger partial charge on any atom is -0.507 e. The summed E-state index contributed by atoms with van der Waals surface area (Å²) in [6.45, 7) is 2.53. The van der Waals surface area contributed by atoms with Crippen molar-refractivity contribution in [1.82, 2.24) is 9.97 Å². The molecule has 0 saturated carbocycles. The highest BCUT2D eigenvalue weighted by molar-refractivity contribution is 5.92. The van der Waals surface area contributed by atoms with Gasteiger partial charge in [0.15, 0.2) is 11.4 Å². The van der Waals surface area contributed by atoms with Gasteiger partial charge in [-0.1, -0.05) is 24.3 Å². The number of primary amides is 1. The molecule has 5 rings (SSSR count). The Labute approximate surface area is 205 Å². The molecule has 1 aliphatic heterocycles. The molecule has 1 unspecified atom stereocenters. The van der Waals surface area contributed by atoms with E-state index in [1.54, 1.807) is 0 Å². The molecule has 4 N–H and O–H groups in total. The number of amides is 1. The highest BCUT2D eigenvalue weighted by Crippen LogP contribution is 2.40. The number of halogens is 2. The summed E-state index contributed by atoms with van der Waals surface area (Å²) >= 11 is 0. The number of aromatic nitrogens is 2. The fourth-order valence-corrected chi connectivity index (χ4v) is 4.89. The molecule has 36 heavy (non-hydrogen) atoms. The van der Waals surface area contributed by atoms with Crippen molar-refractivity contribution in [2.24, 2.45) is 11.7 Å². The summed E-state index contributed by atoms with van der Waals surface area (Å²) in [4.78, 5) is 23.5. The smallest absolute Gasteiger partial charge is 0.254 e. The third-order valence-electron chi connectivity index (χ3n) is 6.79. The van der Waals surface area contributed by atoms with Crippen molar-refractivity contribution in [1.29, 1.82) is 0 Å². The molecule has 2 heterocycles. The molecule has 0 aliphatic carbocycles. The van der Waals surface area contributed by atoms with Gasteiger partial charge in [0, 0.05) is 24.4 Å². The van der Waals surface area contributed by atoms with Crippen LogP contribution >= 0.6 is 0 Å². The zero-order valence-electron chi connectivity index (χ0n) is 19.4. The lowest BCUT2D eigenvalue weighted by Crippen LogP contribution is -2.48. The van der Waals surface area contributed by atoms with E-state index in [1.165, 1.54) is 42.5 Å². The number of rotatable bonds is 5. The Bertz CT molecular complexity index is 1460. The van der Waals surface area contributed by atoms with E-state index in [4.69, 9.17) is 5.73 Å². The first-order valence-electron chi connectivity index (χ1n) is 11.5. The van der Waals surface area contributed by atoms with E-state index in [-0.39, 0.29) is 29.2 Å². The summed E-state index contributed by atoms with van der Waals surface area (Å²) < 4.78 is 28.2. The number of aryl methyl sites for hydroxylation is 1. The molecule has 2 atom stereocenters. The van der Waals surface area contributed by atoms with Gasteiger partial charge in [0.2, 0.25) is 0 Å². The molecule has 4 aromatic rings. The van der Waals surface area contributed by atoms with Gasteiger partial charge in [-0.25, -0.2) is 18.7 Å². The van der Waals surface area contributed by atoms with Crippen molar-refractivity contribution in [3.05, 3.63) is 83.4 Å². The van der Waals surface area contributed by atoms with Gasteiger partial charge in [-0.2, -0.15) is 0 Å². The van der Waals surface area contributed by atoms with Gasteiger partial charge in [-0.3, -0.25) is 4.79 Å². The average Bonchev–Trinajstić information content (AvgIpc) is 3.33. The quantitative estimate of drug-likeness (QED) is 0.392. The average molecular weight is 491 g/mol. The number of carbonyl (C=O) groups is 1. The van der Waals surface area contributed by atoms with Crippen LogP contribution in [0.15, 0.2) is 60.7 Å². The maximum absolute atomic E-state index is 14.7. The summed E-state index contributed by atoms with van der Waals surface area (Å²) in [5, 5.41) is 22.5. The molecule has 1 aromatic heterocycles. The molecular weight excluding hydrogens is 466 g/mol. The van der Waals surface area contributed by atoms with Gasteiger partial charge < -0.3 is 20.8 Å². The van der Waals surface area contributed by atoms with Crippen LogP contribution in [0.4, 0.5) is 14.6 Å². The molecule has 9 heteroatoms. The van der Waals surface area contributed by atoms with Gasteiger partial charge in [-0.15, -0.1) is 0 Å². The Morgan fingerprint density at radius 1 is 1.11 bits per heavy atom. The van der Waals surface area contributed by atoms with Gasteiger partial charge in [-0.05, 0) is 60.9 Å². The third-order valence-corrected chi connectivity index (χ3v) is 6.79. The topological polar surface area (TPSA) is 113 Å². The molecule has 184 valence electrons. The molecule has 7 nitrogen and oxygen atoms in total. The lowest BCUT2D eigenvalue weighted by atomic mass is 9.80. The second kappa shape index (κ2) is 8.83. The fourth-order valence-electron chi connectivity index (χ4n) is 4.89. The summed E-state index contributed by atoms with van der Waals surface area (Å²) in [5.41, 5.74) is 5.23. The number of hydrogen-bond donors (Lipinski definition) is 3. The molecule has 0 spiro atoms. The van der Waals surface area contributed by atoms with Crippen LogP contribution in [0.5, 0.6) is 5.75 Å². The molecule has 1 fully saturated rings. The Balaban J connectivity index is 1.59. The van der Waals surface area contributed by atoms with E-state index >= 15 is 0 Å². The number of anilines is 1. The van der Waals surface area contributed by atoms with Crippen molar-refractivity contribution in [3.8, 4) is 17.1 Å². The van der Waals surface area contributed by atoms with Crippen LogP contribution in [0.1, 0.15) is 17.5 Å². The molecule has 1 saturated heterocycles. The van der Waals surface area contributed by atoms with E-state index in [0.717, 1.165) is 5.56 Å². The Morgan fingerprint density at radius 2 is 1.86 bits per heavy atom. The minimum absolute atomic E-state index is 0.0193. The van der Waals surface area contributed by atoms with E-state index in [9.17, 15) is 23.8 Å². The fraction of sp³-hybridized carbons (Fsp3) is 0.222. The second-order valence-electron chi connectivity index (χ2n) is 9.09. The highest BCUT2D eigenvalue weighted by Gasteiger charge is 2.47. The van der Waals surface area contributed by atoms with Gasteiger partial charge in [0.1, 0.15) is 23.2 Å².